The number of Topliss-reactive ketones (excluding diaryl/α,β-unsaturated/α-hetero) is 1. The number of ketones is 1. The van der Waals surface area contributed by atoms with Crippen LogP contribution in [-0.2, 0) is 0 Å². The van der Waals surface area contributed by atoms with Crippen molar-refractivity contribution in [3.8, 4) is 17.2 Å². The minimum Gasteiger partial charge on any atom is -0.504 e. The van der Waals surface area contributed by atoms with Gasteiger partial charge in [-0.15, -0.1) is 0 Å². The number of aromatic hydroxyl groups is 2. The number of phenolic OH excluding ortho intramolecular Hbond substituents is 2. The molecule has 0 amide bonds. The third kappa shape index (κ3) is 1.70. The lowest BCUT2D eigenvalue weighted by molar-refractivity contribution is 0.101. The van der Waals surface area contributed by atoms with Gasteiger partial charge in [-0.1, -0.05) is 0 Å². The highest BCUT2D eigenvalue weighted by molar-refractivity contribution is 5.95. The lowest BCUT2D eigenvalue weighted by Crippen LogP contribution is -2.03. The largest absolute Gasteiger partial charge is 0.504 e. The number of hydrogen-bond donors (Lipinski definition) is 3. The number of carbonyl (C=O) groups excluding carboxylic acids is 1. The molecule has 0 radical (unpaired) electrons. The molecule has 0 heterocycles. The first-order chi connectivity index (χ1) is 6.06. The van der Waals surface area contributed by atoms with Gasteiger partial charge in [0.15, 0.2) is 17.3 Å². The normalized spacial score (nSPS) is 9.69. The van der Waals surface area contributed by atoms with E-state index in [-0.39, 0.29) is 17.1 Å². The van der Waals surface area contributed by atoms with Crippen LogP contribution in [0.2, 0.25) is 0 Å². The smallest absolute Gasteiger partial charge is 0.203 e. The Hall–Kier alpha value is -1.75. The first kappa shape index (κ1) is 9.34. The molecule has 1 aromatic carbocycles. The zero-order valence-corrected chi connectivity index (χ0v) is 6.94. The molecule has 0 unspecified atom stereocenters. The maximum absolute atomic E-state index is 10.9. The van der Waals surface area contributed by atoms with E-state index < -0.39 is 11.5 Å². The SMILES string of the molecule is CC(=O)c1cc(O)c(O)c(ON)c1. The van der Waals surface area contributed by atoms with E-state index in [1.807, 2.05) is 0 Å². The van der Waals surface area contributed by atoms with Crippen molar-refractivity contribution in [2.75, 3.05) is 0 Å². The predicted molar refractivity (Wildman–Crippen MR) is 44.6 cm³/mol. The minimum absolute atomic E-state index is 0.134. The van der Waals surface area contributed by atoms with Gasteiger partial charge in [0.2, 0.25) is 5.75 Å². The average Bonchev–Trinajstić information content (AvgIpc) is 2.09. The molecule has 0 aliphatic heterocycles. The Morgan fingerprint density at radius 1 is 1.46 bits per heavy atom. The fraction of sp³-hybridized carbons (Fsp3) is 0.125. The van der Waals surface area contributed by atoms with Gasteiger partial charge in [0.1, 0.15) is 0 Å². The van der Waals surface area contributed by atoms with Crippen molar-refractivity contribution in [2.45, 2.75) is 6.92 Å². The topological polar surface area (TPSA) is 92.8 Å². The fourth-order valence-corrected chi connectivity index (χ4v) is 0.886. The van der Waals surface area contributed by atoms with Gasteiger partial charge in [0.25, 0.3) is 0 Å². The monoisotopic (exact) mass is 183 g/mol. The van der Waals surface area contributed by atoms with Crippen molar-refractivity contribution >= 4 is 5.78 Å². The first-order valence-corrected chi connectivity index (χ1v) is 3.50. The van der Waals surface area contributed by atoms with Crippen LogP contribution in [0.4, 0.5) is 0 Å². The van der Waals surface area contributed by atoms with Crippen LogP contribution in [0.3, 0.4) is 0 Å². The summed E-state index contributed by atoms with van der Waals surface area (Å²) in [5.41, 5.74) is 0.218. The third-order valence-electron chi connectivity index (χ3n) is 1.59. The van der Waals surface area contributed by atoms with E-state index in [0.29, 0.717) is 0 Å². The average molecular weight is 183 g/mol. The highest BCUT2D eigenvalue weighted by atomic mass is 16.6. The lowest BCUT2D eigenvalue weighted by atomic mass is 10.1. The number of hydrogen-bond acceptors (Lipinski definition) is 5. The van der Waals surface area contributed by atoms with Gasteiger partial charge < -0.3 is 15.1 Å². The second-order valence-corrected chi connectivity index (χ2v) is 2.52. The Balaban J connectivity index is 3.30. The molecule has 5 nitrogen and oxygen atoms in total. The molecule has 1 rings (SSSR count). The summed E-state index contributed by atoms with van der Waals surface area (Å²) >= 11 is 0. The minimum atomic E-state index is -0.479. The van der Waals surface area contributed by atoms with Crippen LogP contribution < -0.4 is 10.7 Å². The molecule has 13 heavy (non-hydrogen) atoms. The summed E-state index contributed by atoms with van der Waals surface area (Å²) in [5, 5.41) is 18.3. The molecule has 1 aromatic rings. The summed E-state index contributed by atoms with van der Waals surface area (Å²) in [6.07, 6.45) is 0. The molecule has 4 N–H and O–H groups in total. The maximum Gasteiger partial charge on any atom is 0.203 e. The lowest BCUT2D eigenvalue weighted by Gasteiger charge is -2.05. The van der Waals surface area contributed by atoms with Gasteiger partial charge in [-0.3, -0.25) is 4.79 Å². The van der Waals surface area contributed by atoms with E-state index in [2.05, 4.69) is 4.84 Å². The standard InChI is InChI=1S/C8H9NO4/c1-4(10)5-2-6(11)8(12)7(3-5)13-9/h2-3,11-12H,9H2,1H3. The van der Waals surface area contributed by atoms with Gasteiger partial charge >= 0.3 is 0 Å². The van der Waals surface area contributed by atoms with Crippen molar-refractivity contribution in [1.82, 2.24) is 0 Å². The van der Waals surface area contributed by atoms with Gasteiger partial charge in [0.05, 0.1) is 0 Å². The molecule has 0 aromatic heterocycles. The molecule has 0 saturated heterocycles. The molecular formula is C8H9NO4. The van der Waals surface area contributed by atoms with E-state index in [0.717, 1.165) is 6.07 Å². The summed E-state index contributed by atoms with van der Waals surface area (Å²) in [7, 11) is 0. The van der Waals surface area contributed by atoms with Crippen molar-refractivity contribution in [1.29, 1.82) is 0 Å². The van der Waals surface area contributed by atoms with E-state index >= 15 is 0 Å². The van der Waals surface area contributed by atoms with Crippen molar-refractivity contribution in [3.05, 3.63) is 17.7 Å². The summed E-state index contributed by atoms with van der Waals surface area (Å²) in [4.78, 5) is 15.1. The molecule has 5 heteroatoms. The second-order valence-electron chi connectivity index (χ2n) is 2.52. The quantitative estimate of drug-likeness (QED) is 0.353. The van der Waals surface area contributed by atoms with Crippen LogP contribution in [0, 0.1) is 0 Å². The fourth-order valence-electron chi connectivity index (χ4n) is 0.886. The van der Waals surface area contributed by atoms with Crippen LogP contribution in [0.15, 0.2) is 12.1 Å². The molecule has 0 fully saturated rings. The van der Waals surface area contributed by atoms with Crippen molar-refractivity contribution in [2.24, 2.45) is 5.90 Å². The highest BCUT2D eigenvalue weighted by Gasteiger charge is 2.11. The van der Waals surface area contributed by atoms with Crippen LogP contribution in [0.1, 0.15) is 17.3 Å². The van der Waals surface area contributed by atoms with Crippen molar-refractivity contribution in [3.63, 3.8) is 0 Å². The van der Waals surface area contributed by atoms with Gasteiger partial charge in [-0.05, 0) is 19.1 Å². The first-order valence-electron chi connectivity index (χ1n) is 3.50. The molecule has 0 bridgehead atoms. The van der Waals surface area contributed by atoms with E-state index in [1.54, 1.807) is 0 Å². The zero-order valence-electron chi connectivity index (χ0n) is 6.94. The number of rotatable bonds is 2. The zero-order chi connectivity index (χ0) is 10.0. The van der Waals surface area contributed by atoms with Crippen LogP contribution in [0.5, 0.6) is 17.2 Å². The molecular weight excluding hydrogens is 174 g/mol. The van der Waals surface area contributed by atoms with Crippen LogP contribution >= 0.6 is 0 Å². The number of benzene rings is 1. The predicted octanol–water partition coefficient (Wildman–Crippen LogP) is 0.553. The van der Waals surface area contributed by atoms with Gasteiger partial charge in [-0.2, -0.15) is 5.90 Å². The number of carbonyl (C=O) groups is 1. The molecule has 0 aliphatic carbocycles. The Morgan fingerprint density at radius 3 is 2.54 bits per heavy atom. The Kier molecular flexibility index (Phi) is 2.39. The Labute approximate surface area is 74.3 Å². The van der Waals surface area contributed by atoms with E-state index in [4.69, 9.17) is 16.1 Å². The Bertz CT molecular complexity index is 348. The van der Waals surface area contributed by atoms with Crippen LogP contribution in [-0.4, -0.2) is 16.0 Å². The Morgan fingerprint density at radius 2 is 2.08 bits per heavy atom. The van der Waals surface area contributed by atoms with Crippen LogP contribution in [0.25, 0.3) is 0 Å². The molecule has 0 atom stereocenters. The summed E-state index contributed by atoms with van der Waals surface area (Å²) in [5.74, 6) is 3.50. The van der Waals surface area contributed by atoms with Crippen molar-refractivity contribution < 1.29 is 19.8 Å². The maximum atomic E-state index is 10.9. The molecule has 0 saturated carbocycles. The summed E-state index contributed by atoms with van der Waals surface area (Å²) < 4.78 is 0. The molecule has 0 spiro atoms. The molecule has 70 valence electrons. The third-order valence-corrected chi connectivity index (χ3v) is 1.59. The van der Waals surface area contributed by atoms with Gasteiger partial charge in [-0.25, -0.2) is 0 Å². The number of phenols is 2. The molecule has 0 aliphatic rings. The number of nitrogens with two attached hydrogens (primary N) is 1. The van der Waals surface area contributed by atoms with E-state index in [1.165, 1.54) is 13.0 Å². The summed E-state index contributed by atoms with van der Waals surface area (Å²) in [6.45, 7) is 1.33. The summed E-state index contributed by atoms with van der Waals surface area (Å²) in [6, 6.07) is 2.39. The highest BCUT2D eigenvalue weighted by Crippen LogP contribution is 2.35. The van der Waals surface area contributed by atoms with Gasteiger partial charge in [0, 0.05) is 5.56 Å². The second kappa shape index (κ2) is 3.32. The van der Waals surface area contributed by atoms with E-state index in [9.17, 15) is 4.79 Å².